The second-order valence-corrected chi connectivity index (χ2v) is 8.26. The molecule has 3 aromatic rings. The average molecular weight is 469 g/mol. The predicted molar refractivity (Wildman–Crippen MR) is 142 cm³/mol. The molecule has 0 bridgehead atoms. The van der Waals surface area contributed by atoms with Crippen molar-refractivity contribution >= 4 is 40.0 Å². The number of hydrogen-bond acceptors (Lipinski definition) is 6. The van der Waals surface area contributed by atoms with Gasteiger partial charge in [-0.2, -0.15) is 4.98 Å². The summed E-state index contributed by atoms with van der Waals surface area (Å²) in [6, 6.07) is 10.2. The van der Waals surface area contributed by atoms with E-state index in [2.05, 4.69) is 49.8 Å². The molecule has 0 saturated carbocycles. The van der Waals surface area contributed by atoms with E-state index in [4.69, 9.17) is 16.6 Å². The summed E-state index contributed by atoms with van der Waals surface area (Å²) < 4.78 is 0. The Bertz CT molecular complexity index is 1030. The van der Waals surface area contributed by atoms with Gasteiger partial charge in [-0.3, -0.25) is 4.98 Å². The summed E-state index contributed by atoms with van der Waals surface area (Å²) in [5.74, 6) is 1.93. The van der Waals surface area contributed by atoms with Crippen molar-refractivity contribution in [1.29, 1.82) is 0 Å². The molecule has 0 aliphatic carbocycles. The predicted octanol–water partition coefficient (Wildman–Crippen LogP) is 5.97. The first-order valence-electron chi connectivity index (χ1n) is 12.3. The molecule has 2 aliphatic heterocycles. The van der Waals surface area contributed by atoms with E-state index in [1.165, 1.54) is 18.5 Å². The maximum absolute atomic E-state index is 6.14. The average Bonchev–Trinajstić information content (AvgIpc) is 3.41. The van der Waals surface area contributed by atoms with Crippen LogP contribution in [0.4, 0.5) is 17.5 Å². The Morgan fingerprint density at radius 1 is 0.758 bits per heavy atom. The van der Waals surface area contributed by atoms with Gasteiger partial charge in [0, 0.05) is 73.3 Å². The molecule has 0 radical (unpaired) electrons. The molecule has 0 N–H and O–H groups in total. The number of aromatic nitrogens is 3. The minimum absolute atomic E-state index is 0.722. The lowest BCUT2D eigenvalue weighted by Gasteiger charge is -2.37. The Morgan fingerprint density at radius 2 is 1.42 bits per heavy atom. The van der Waals surface area contributed by atoms with Crippen molar-refractivity contribution in [2.75, 3.05) is 54.0 Å². The highest BCUT2D eigenvalue weighted by molar-refractivity contribution is 6.31. The fraction of sp³-hybridized carbons (Fsp3) is 0.500. The molecule has 2 aromatic heterocycles. The number of anilines is 3. The molecule has 4 heterocycles. The third-order valence-corrected chi connectivity index (χ3v) is 6.08. The number of pyridine rings is 1. The molecule has 2 fully saturated rings. The Morgan fingerprint density at radius 3 is 2.12 bits per heavy atom. The third-order valence-electron chi connectivity index (χ3n) is 5.84. The van der Waals surface area contributed by atoms with E-state index in [0.29, 0.717) is 0 Å². The first-order valence-corrected chi connectivity index (χ1v) is 12.7. The normalized spacial score (nSPS) is 15.6. The number of halogens is 1. The third kappa shape index (κ3) is 5.85. The van der Waals surface area contributed by atoms with Gasteiger partial charge < -0.3 is 14.7 Å². The van der Waals surface area contributed by atoms with E-state index >= 15 is 0 Å². The van der Waals surface area contributed by atoms with Gasteiger partial charge in [-0.05, 0) is 44.0 Å². The van der Waals surface area contributed by atoms with Crippen LogP contribution in [0.1, 0.15) is 46.2 Å². The summed E-state index contributed by atoms with van der Waals surface area (Å²) in [6.07, 6.45) is 4.34. The molecule has 178 valence electrons. The van der Waals surface area contributed by atoms with Gasteiger partial charge in [0.15, 0.2) is 0 Å². The second-order valence-electron chi connectivity index (χ2n) is 7.83. The van der Waals surface area contributed by atoms with Gasteiger partial charge in [-0.1, -0.05) is 39.3 Å². The Hall–Kier alpha value is -2.60. The summed E-state index contributed by atoms with van der Waals surface area (Å²) in [6.45, 7) is 16.0. The van der Waals surface area contributed by atoms with Gasteiger partial charge in [-0.15, -0.1) is 0 Å². The maximum Gasteiger partial charge on any atom is 0.227 e. The van der Waals surface area contributed by atoms with E-state index < -0.39 is 0 Å². The van der Waals surface area contributed by atoms with Crippen LogP contribution >= 0.6 is 11.6 Å². The number of aryl methyl sites for hydroxylation is 1. The fourth-order valence-electron chi connectivity index (χ4n) is 4.32. The van der Waals surface area contributed by atoms with Gasteiger partial charge in [0.1, 0.15) is 5.82 Å². The van der Waals surface area contributed by atoms with E-state index in [0.717, 1.165) is 72.7 Å². The Labute approximate surface area is 203 Å². The standard InChI is InChI=1S/C22H25ClN6.2C2H6/c1-16-14-21(26-22(25-16)29-8-2-3-9-29)28-12-10-27(11-13-28)20-6-7-24-19-15-17(23)4-5-18(19)20;2*1-2/h4-7,14-15H,2-3,8-13H2,1H3;2*1-2H3. The lowest BCUT2D eigenvalue weighted by molar-refractivity contribution is 0.647. The van der Waals surface area contributed by atoms with Gasteiger partial charge >= 0.3 is 0 Å². The molecule has 2 saturated heterocycles. The lowest BCUT2D eigenvalue weighted by atomic mass is 10.1. The van der Waals surface area contributed by atoms with Gasteiger partial charge in [0.05, 0.1) is 5.52 Å². The zero-order valence-electron chi connectivity index (χ0n) is 20.7. The number of rotatable bonds is 3. The summed E-state index contributed by atoms with van der Waals surface area (Å²) >= 11 is 6.14. The van der Waals surface area contributed by atoms with Crippen LogP contribution in [-0.2, 0) is 0 Å². The largest absolute Gasteiger partial charge is 0.367 e. The molecular formula is C26H37ClN6. The zero-order chi connectivity index (χ0) is 23.8. The first-order chi connectivity index (χ1) is 16.2. The van der Waals surface area contributed by atoms with E-state index in [1.807, 2.05) is 46.0 Å². The smallest absolute Gasteiger partial charge is 0.227 e. The highest BCUT2D eigenvalue weighted by Gasteiger charge is 2.22. The monoisotopic (exact) mass is 468 g/mol. The quantitative estimate of drug-likeness (QED) is 0.472. The molecule has 7 heteroatoms. The highest BCUT2D eigenvalue weighted by atomic mass is 35.5. The molecule has 33 heavy (non-hydrogen) atoms. The number of nitrogens with zero attached hydrogens (tertiary/aromatic N) is 6. The van der Waals surface area contributed by atoms with Crippen LogP contribution in [0.25, 0.3) is 10.9 Å². The van der Waals surface area contributed by atoms with Crippen LogP contribution in [0.2, 0.25) is 5.02 Å². The SMILES string of the molecule is CC.CC.Cc1cc(N2CCN(c3ccnc4cc(Cl)ccc34)CC2)nc(N2CCCC2)n1. The molecule has 0 unspecified atom stereocenters. The molecule has 0 spiro atoms. The number of benzene rings is 1. The fourth-order valence-corrected chi connectivity index (χ4v) is 4.48. The van der Waals surface area contributed by atoms with E-state index in [-0.39, 0.29) is 0 Å². The molecule has 0 atom stereocenters. The van der Waals surface area contributed by atoms with Gasteiger partial charge in [-0.25, -0.2) is 4.98 Å². The summed E-state index contributed by atoms with van der Waals surface area (Å²) in [4.78, 5) is 21.2. The Kier molecular flexibility index (Phi) is 9.12. The van der Waals surface area contributed by atoms with Crippen molar-refractivity contribution in [1.82, 2.24) is 15.0 Å². The summed E-state index contributed by atoms with van der Waals surface area (Å²) in [5, 5.41) is 1.87. The van der Waals surface area contributed by atoms with Gasteiger partial charge in [0.2, 0.25) is 5.95 Å². The van der Waals surface area contributed by atoms with E-state index in [9.17, 15) is 0 Å². The molecule has 5 rings (SSSR count). The van der Waals surface area contributed by atoms with Crippen LogP contribution < -0.4 is 14.7 Å². The van der Waals surface area contributed by atoms with Crippen LogP contribution in [0.3, 0.4) is 0 Å². The van der Waals surface area contributed by atoms with Crippen molar-refractivity contribution in [3.05, 3.63) is 47.2 Å². The molecule has 1 aromatic carbocycles. The van der Waals surface area contributed by atoms with Crippen molar-refractivity contribution in [2.45, 2.75) is 47.5 Å². The van der Waals surface area contributed by atoms with Crippen molar-refractivity contribution in [3.63, 3.8) is 0 Å². The van der Waals surface area contributed by atoms with Crippen LogP contribution in [0.15, 0.2) is 36.5 Å². The number of piperazine rings is 1. The summed E-state index contributed by atoms with van der Waals surface area (Å²) in [7, 11) is 0. The summed E-state index contributed by atoms with van der Waals surface area (Å²) in [5.41, 5.74) is 3.21. The highest BCUT2D eigenvalue weighted by Crippen LogP contribution is 2.29. The topological polar surface area (TPSA) is 48.4 Å². The zero-order valence-corrected chi connectivity index (χ0v) is 21.4. The Balaban J connectivity index is 0.000000728. The lowest BCUT2D eigenvalue weighted by Crippen LogP contribution is -2.47. The van der Waals surface area contributed by atoms with E-state index in [1.54, 1.807) is 0 Å². The molecule has 6 nitrogen and oxygen atoms in total. The maximum atomic E-state index is 6.14. The molecule has 0 amide bonds. The van der Waals surface area contributed by atoms with Crippen molar-refractivity contribution in [2.24, 2.45) is 0 Å². The van der Waals surface area contributed by atoms with Crippen LogP contribution in [0.5, 0.6) is 0 Å². The van der Waals surface area contributed by atoms with Crippen LogP contribution in [-0.4, -0.2) is 54.2 Å². The first kappa shape index (κ1) is 25.0. The minimum Gasteiger partial charge on any atom is -0.367 e. The van der Waals surface area contributed by atoms with Crippen molar-refractivity contribution in [3.8, 4) is 0 Å². The second kappa shape index (κ2) is 12.0. The van der Waals surface area contributed by atoms with Gasteiger partial charge in [0.25, 0.3) is 0 Å². The van der Waals surface area contributed by atoms with Crippen LogP contribution in [0, 0.1) is 6.92 Å². The van der Waals surface area contributed by atoms with Crippen molar-refractivity contribution < 1.29 is 0 Å². The number of fused-ring (bicyclic) bond motifs is 1. The molecular weight excluding hydrogens is 432 g/mol. The minimum atomic E-state index is 0.722. The number of hydrogen-bond donors (Lipinski definition) is 0. The molecule has 2 aliphatic rings.